The molecule has 1 amide bonds. The maximum absolute atomic E-state index is 11.9. The van der Waals surface area contributed by atoms with Gasteiger partial charge in [-0.2, -0.15) is 0 Å². The van der Waals surface area contributed by atoms with Crippen LogP contribution in [0.3, 0.4) is 0 Å². The molecular weight excluding hydrogens is 232 g/mol. The van der Waals surface area contributed by atoms with Gasteiger partial charge in [0.15, 0.2) is 0 Å². The normalized spacial score (nSPS) is 10.0. The van der Waals surface area contributed by atoms with E-state index in [0.29, 0.717) is 5.56 Å². The maximum Gasteiger partial charge on any atom is 0.255 e. The zero-order chi connectivity index (χ0) is 12.3. The summed E-state index contributed by atoms with van der Waals surface area (Å²) in [6.45, 7) is 1.85. The van der Waals surface area contributed by atoms with Gasteiger partial charge < -0.3 is 5.32 Å². The second kappa shape index (κ2) is 5.01. The van der Waals surface area contributed by atoms with Gasteiger partial charge in [0.2, 0.25) is 0 Å². The van der Waals surface area contributed by atoms with Crippen molar-refractivity contribution < 1.29 is 4.79 Å². The van der Waals surface area contributed by atoms with Gasteiger partial charge in [-0.25, -0.2) is 0 Å². The summed E-state index contributed by atoms with van der Waals surface area (Å²) in [5.74, 6) is -0.156. The molecule has 0 fully saturated rings. The summed E-state index contributed by atoms with van der Waals surface area (Å²) in [5, 5.41) is 2.82. The van der Waals surface area contributed by atoms with Crippen LogP contribution in [0.15, 0.2) is 47.5 Å². The van der Waals surface area contributed by atoms with E-state index in [4.69, 9.17) is 0 Å². The van der Waals surface area contributed by atoms with Crippen molar-refractivity contribution in [2.45, 2.75) is 11.8 Å². The topological polar surface area (TPSA) is 42.0 Å². The van der Waals surface area contributed by atoms with Crippen molar-refractivity contribution in [2.24, 2.45) is 0 Å². The summed E-state index contributed by atoms with van der Waals surface area (Å²) < 4.78 is 0. The Labute approximate surface area is 105 Å². The Morgan fingerprint density at radius 1 is 1.29 bits per heavy atom. The number of thiol groups is 1. The van der Waals surface area contributed by atoms with Gasteiger partial charge in [0, 0.05) is 16.7 Å². The molecule has 1 aromatic heterocycles. The summed E-state index contributed by atoms with van der Waals surface area (Å²) >= 11 is 4.20. The Hall–Kier alpha value is -1.81. The molecule has 0 atom stereocenters. The lowest BCUT2D eigenvalue weighted by atomic mass is 10.2. The number of anilines is 1. The molecule has 4 heteroatoms. The first-order chi connectivity index (χ1) is 8.16. The fourth-order valence-electron chi connectivity index (χ4n) is 1.46. The Morgan fingerprint density at radius 3 is 2.82 bits per heavy atom. The second-order valence-corrected chi connectivity index (χ2v) is 4.16. The SMILES string of the molecule is Cc1ncccc1NC(=O)c1cccc(S)c1. The van der Waals surface area contributed by atoms with E-state index >= 15 is 0 Å². The minimum atomic E-state index is -0.156. The van der Waals surface area contributed by atoms with Crippen LogP contribution in [0.4, 0.5) is 5.69 Å². The molecule has 17 heavy (non-hydrogen) atoms. The van der Waals surface area contributed by atoms with E-state index in [2.05, 4.69) is 22.9 Å². The van der Waals surface area contributed by atoms with Crippen molar-refractivity contribution in [3.05, 3.63) is 53.9 Å². The van der Waals surface area contributed by atoms with Crippen LogP contribution >= 0.6 is 12.6 Å². The fraction of sp³-hybridized carbons (Fsp3) is 0.0769. The number of nitrogens with zero attached hydrogens (tertiary/aromatic N) is 1. The van der Waals surface area contributed by atoms with Gasteiger partial charge in [-0.15, -0.1) is 12.6 Å². The molecule has 1 aromatic carbocycles. The van der Waals surface area contributed by atoms with Crippen LogP contribution in [0.5, 0.6) is 0 Å². The van der Waals surface area contributed by atoms with Crippen LogP contribution in [0, 0.1) is 6.92 Å². The first kappa shape index (κ1) is 11.7. The lowest BCUT2D eigenvalue weighted by molar-refractivity contribution is 0.102. The smallest absolute Gasteiger partial charge is 0.255 e. The van der Waals surface area contributed by atoms with E-state index in [-0.39, 0.29) is 5.91 Å². The third-order valence-electron chi connectivity index (χ3n) is 2.36. The number of aryl methyl sites for hydroxylation is 1. The summed E-state index contributed by atoms with van der Waals surface area (Å²) in [6.07, 6.45) is 1.69. The number of benzene rings is 1. The van der Waals surface area contributed by atoms with Gasteiger partial charge >= 0.3 is 0 Å². The van der Waals surface area contributed by atoms with Gasteiger partial charge in [-0.05, 0) is 37.3 Å². The molecular formula is C13H12N2OS. The highest BCUT2D eigenvalue weighted by Gasteiger charge is 2.07. The van der Waals surface area contributed by atoms with Crippen molar-refractivity contribution >= 4 is 24.2 Å². The number of aromatic nitrogens is 1. The zero-order valence-corrected chi connectivity index (χ0v) is 10.2. The third-order valence-corrected chi connectivity index (χ3v) is 2.64. The number of pyridine rings is 1. The molecule has 0 bridgehead atoms. The average molecular weight is 244 g/mol. The monoisotopic (exact) mass is 244 g/mol. The molecule has 2 rings (SSSR count). The highest BCUT2D eigenvalue weighted by molar-refractivity contribution is 7.80. The molecule has 0 aliphatic carbocycles. The van der Waals surface area contributed by atoms with E-state index in [1.54, 1.807) is 30.5 Å². The fourth-order valence-corrected chi connectivity index (χ4v) is 1.68. The van der Waals surface area contributed by atoms with E-state index in [1.165, 1.54) is 0 Å². The van der Waals surface area contributed by atoms with E-state index in [9.17, 15) is 4.79 Å². The van der Waals surface area contributed by atoms with Crippen molar-refractivity contribution in [1.82, 2.24) is 4.98 Å². The van der Waals surface area contributed by atoms with Gasteiger partial charge in [-0.1, -0.05) is 6.07 Å². The lowest BCUT2D eigenvalue weighted by Crippen LogP contribution is -2.13. The van der Waals surface area contributed by atoms with Crippen LogP contribution in [-0.4, -0.2) is 10.9 Å². The van der Waals surface area contributed by atoms with Crippen LogP contribution in [-0.2, 0) is 0 Å². The van der Waals surface area contributed by atoms with E-state index < -0.39 is 0 Å². The molecule has 0 spiro atoms. The van der Waals surface area contributed by atoms with Gasteiger partial charge in [0.05, 0.1) is 11.4 Å². The Morgan fingerprint density at radius 2 is 2.12 bits per heavy atom. The Kier molecular flexibility index (Phi) is 3.44. The minimum Gasteiger partial charge on any atom is -0.320 e. The summed E-state index contributed by atoms with van der Waals surface area (Å²) in [5.41, 5.74) is 2.10. The second-order valence-electron chi connectivity index (χ2n) is 3.64. The van der Waals surface area contributed by atoms with Gasteiger partial charge in [0.1, 0.15) is 0 Å². The first-order valence-electron chi connectivity index (χ1n) is 5.19. The lowest BCUT2D eigenvalue weighted by Gasteiger charge is -2.07. The molecule has 0 saturated heterocycles. The van der Waals surface area contributed by atoms with Crippen molar-refractivity contribution in [3.8, 4) is 0 Å². The quantitative estimate of drug-likeness (QED) is 0.798. The molecule has 86 valence electrons. The molecule has 0 radical (unpaired) electrons. The number of hydrogen-bond acceptors (Lipinski definition) is 3. The van der Waals surface area contributed by atoms with Crippen molar-refractivity contribution in [3.63, 3.8) is 0 Å². The summed E-state index contributed by atoms with van der Waals surface area (Å²) in [4.78, 5) is 16.8. The van der Waals surface area contributed by atoms with Crippen molar-refractivity contribution in [2.75, 3.05) is 5.32 Å². The largest absolute Gasteiger partial charge is 0.320 e. The number of rotatable bonds is 2. The molecule has 1 N–H and O–H groups in total. The highest BCUT2D eigenvalue weighted by Crippen LogP contribution is 2.14. The molecule has 0 aliphatic rings. The number of carbonyl (C=O) groups excluding carboxylic acids is 1. The summed E-state index contributed by atoms with van der Waals surface area (Å²) in [6, 6.07) is 10.7. The average Bonchev–Trinajstić information content (AvgIpc) is 2.32. The van der Waals surface area contributed by atoms with Crippen LogP contribution in [0.25, 0.3) is 0 Å². The molecule has 2 aromatic rings. The van der Waals surface area contributed by atoms with Gasteiger partial charge in [-0.3, -0.25) is 9.78 Å². The van der Waals surface area contributed by atoms with Crippen LogP contribution in [0.2, 0.25) is 0 Å². The van der Waals surface area contributed by atoms with E-state index in [0.717, 1.165) is 16.3 Å². The summed E-state index contributed by atoms with van der Waals surface area (Å²) in [7, 11) is 0. The molecule has 0 saturated carbocycles. The first-order valence-corrected chi connectivity index (χ1v) is 5.63. The zero-order valence-electron chi connectivity index (χ0n) is 9.34. The van der Waals surface area contributed by atoms with E-state index in [1.807, 2.05) is 19.1 Å². The molecule has 1 heterocycles. The molecule has 3 nitrogen and oxygen atoms in total. The Balaban J connectivity index is 2.20. The Bertz CT molecular complexity index is 555. The maximum atomic E-state index is 11.9. The van der Waals surface area contributed by atoms with Crippen molar-refractivity contribution in [1.29, 1.82) is 0 Å². The number of amides is 1. The predicted molar refractivity (Wildman–Crippen MR) is 70.6 cm³/mol. The molecule has 0 unspecified atom stereocenters. The standard InChI is InChI=1S/C13H12N2OS/c1-9-12(6-3-7-14-9)15-13(16)10-4-2-5-11(17)8-10/h2-8,17H,1H3,(H,15,16). The predicted octanol–water partition coefficient (Wildman–Crippen LogP) is 2.93. The highest BCUT2D eigenvalue weighted by atomic mass is 32.1. The molecule has 0 aliphatic heterocycles. The van der Waals surface area contributed by atoms with Gasteiger partial charge in [0.25, 0.3) is 5.91 Å². The number of nitrogens with one attached hydrogen (secondary N) is 1. The number of hydrogen-bond donors (Lipinski definition) is 2. The third kappa shape index (κ3) is 2.85. The van der Waals surface area contributed by atoms with Crippen LogP contribution in [0.1, 0.15) is 16.1 Å². The minimum absolute atomic E-state index is 0.156. The van der Waals surface area contributed by atoms with Crippen LogP contribution < -0.4 is 5.32 Å². The number of carbonyl (C=O) groups is 1.